The fourth-order valence-electron chi connectivity index (χ4n) is 3.53. The van der Waals surface area contributed by atoms with Gasteiger partial charge in [-0.1, -0.05) is 60.2 Å². The van der Waals surface area contributed by atoms with Crippen molar-refractivity contribution in [3.8, 4) is 11.3 Å². The molecule has 3 heteroatoms. The minimum absolute atomic E-state index is 0.264. The summed E-state index contributed by atoms with van der Waals surface area (Å²) in [5.41, 5.74) is 11.9. The number of hydrogen-bond donors (Lipinski definition) is 1. The van der Waals surface area contributed by atoms with Gasteiger partial charge in [-0.05, 0) is 50.8 Å². The number of benzene rings is 2. The zero-order valence-corrected chi connectivity index (χ0v) is 15.7. The van der Waals surface area contributed by atoms with Gasteiger partial charge < -0.3 is 10.3 Å². The Morgan fingerprint density at radius 2 is 1.69 bits per heavy atom. The first-order chi connectivity index (χ1) is 12.5. The van der Waals surface area contributed by atoms with Gasteiger partial charge in [-0.3, -0.25) is 4.79 Å². The van der Waals surface area contributed by atoms with E-state index in [4.69, 9.17) is 5.73 Å². The third kappa shape index (κ3) is 3.72. The maximum atomic E-state index is 11.9. The van der Waals surface area contributed by atoms with Crippen LogP contribution in [0.4, 0.5) is 0 Å². The highest BCUT2D eigenvalue weighted by atomic mass is 16.1. The molecule has 0 bridgehead atoms. The van der Waals surface area contributed by atoms with Gasteiger partial charge >= 0.3 is 0 Å². The summed E-state index contributed by atoms with van der Waals surface area (Å²) in [6, 6.07) is 21.1. The van der Waals surface area contributed by atoms with Crippen molar-refractivity contribution in [1.29, 1.82) is 0 Å². The maximum Gasteiger partial charge on any atom is 0.250 e. The number of rotatable bonds is 6. The molecule has 0 fully saturated rings. The van der Waals surface area contributed by atoms with Crippen LogP contribution in [0, 0.1) is 13.8 Å². The Hall–Kier alpha value is -2.81. The number of amides is 1. The first kappa shape index (κ1) is 18.0. The van der Waals surface area contributed by atoms with Crippen LogP contribution in [0.2, 0.25) is 0 Å². The molecule has 0 radical (unpaired) electrons. The molecule has 1 heterocycles. The lowest BCUT2D eigenvalue weighted by molar-refractivity contribution is 0.0999. The van der Waals surface area contributed by atoms with Gasteiger partial charge in [0.1, 0.15) is 0 Å². The van der Waals surface area contributed by atoms with Gasteiger partial charge in [-0.2, -0.15) is 0 Å². The SMILES string of the molecule is Cc1ccc(-c2cc(C(N)=O)c(C)n2C(C)CCc2ccccc2)cc1. The zero-order chi connectivity index (χ0) is 18.7. The third-order valence-corrected chi connectivity index (χ3v) is 5.04. The Morgan fingerprint density at radius 3 is 2.31 bits per heavy atom. The summed E-state index contributed by atoms with van der Waals surface area (Å²) in [6.45, 7) is 6.26. The average Bonchev–Trinajstić information content (AvgIpc) is 2.99. The number of aryl methyl sites for hydroxylation is 2. The quantitative estimate of drug-likeness (QED) is 0.666. The summed E-state index contributed by atoms with van der Waals surface area (Å²) < 4.78 is 2.26. The largest absolute Gasteiger partial charge is 0.366 e. The van der Waals surface area contributed by atoms with E-state index in [2.05, 4.69) is 66.9 Å². The Morgan fingerprint density at radius 1 is 1.04 bits per heavy atom. The number of nitrogens with two attached hydrogens (primary N) is 1. The second-order valence-corrected chi connectivity index (χ2v) is 7.00. The number of nitrogens with zero attached hydrogens (tertiary/aromatic N) is 1. The number of hydrogen-bond acceptors (Lipinski definition) is 1. The minimum atomic E-state index is -0.370. The summed E-state index contributed by atoms with van der Waals surface area (Å²) in [5, 5.41) is 0. The van der Waals surface area contributed by atoms with Gasteiger partial charge in [-0.15, -0.1) is 0 Å². The molecule has 0 saturated heterocycles. The van der Waals surface area contributed by atoms with E-state index in [1.165, 1.54) is 11.1 Å². The molecule has 134 valence electrons. The predicted molar refractivity (Wildman–Crippen MR) is 107 cm³/mol. The van der Waals surface area contributed by atoms with Crippen LogP contribution in [0.3, 0.4) is 0 Å². The number of carbonyl (C=O) groups is 1. The van der Waals surface area contributed by atoms with Crippen molar-refractivity contribution in [3.05, 3.63) is 83.0 Å². The summed E-state index contributed by atoms with van der Waals surface area (Å²) in [4.78, 5) is 11.9. The lowest BCUT2D eigenvalue weighted by Crippen LogP contribution is -2.14. The van der Waals surface area contributed by atoms with Gasteiger partial charge in [0.15, 0.2) is 0 Å². The van der Waals surface area contributed by atoms with Gasteiger partial charge in [0, 0.05) is 17.4 Å². The smallest absolute Gasteiger partial charge is 0.250 e. The molecule has 3 nitrogen and oxygen atoms in total. The minimum Gasteiger partial charge on any atom is -0.366 e. The molecule has 1 atom stereocenters. The van der Waals surface area contributed by atoms with E-state index in [0.717, 1.165) is 29.8 Å². The molecule has 3 aromatic rings. The molecule has 2 N–H and O–H groups in total. The summed E-state index contributed by atoms with van der Waals surface area (Å²) in [7, 11) is 0. The van der Waals surface area contributed by atoms with Gasteiger partial charge in [0.25, 0.3) is 5.91 Å². The third-order valence-electron chi connectivity index (χ3n) is 5.04. The summed E-state index contributed by atoms with van der Waals surface area (Å²) in [5.74, 6) is -0.370. The molecule has 3 rings (SSSR count). The van der Waals surface area contributed by atoms with Crippen LogP contribution in [-0.4, -0.2) is 10.5 Å². The van der Waals surface area contributed by atoms with Crippen LogP contribution in [0.25, 0.3) is 11.3 Å². The molecule has 1 unspecified atom stereocenters. The molecule has 1 amide bonds. The molecular weight excluding hydrogens is 320 g/mol. The first-order valence-electron chi connectivity index (χ1n) is 9.10. The lowest BCUT2D eigenvalue weighted by Gasteiger charge is -2.20. The van der Waals surface area contributed by atoms with Crippen molar-refractivity contribution in [2.75, 3.05) is 0 Å². The fourth-order valence-corrected chi connectivity index (χ4v) is 3.53. The highest BCUT2D eigenvalue weighted by molar-refractivity contribution is 5.95. The van der Waals surface area contributed by atoms with E-state index in [0.29, 0.717) is 5.56 Å². The van der Waals surface area contributed by atoms with Crippen molar-refractivity contribution in [2.45, 2.75) is 39.7 Å². The Labute approximate surface area is 155 Å². The van der Waals surface area contributed by atoms with Gasteiger partial charge in [-0.25, -0.2) is 0 Å². The lowest BCUT2D eigenvalue weighted by atomic mass is 10.0. The van der Waals surface area contributed by atoms with E-state index < -0.39 is 0 Å². The standard InChI is InChI=1S/C23H26N2O/c1-16-9-13-20(14-10-16)22-15-21(23(24)26)18(3)25(22)17(2)11-12-19-7-5-4-6-8-19/h4-10,13-15,17H,11-12H2,1-3H3,(H2,24,26). The van der Waals surface area contributed by atoms with E-state index in [1.54, 1.807) is 0 Å². The molecule has 0 saturated carbocycles. The molecule has 0 aliphatic rings. The summed E-state index contributed by atoms with van der Waals surface area (Å²) >= 11 is 0. The topological polar surface area (TPSA) is 48.0 Å². The Bertz CT molecular complexity index is 892. The van der Waals surface area contributed by atoms with E-state index in [9.17, 15) is 4.79 Å². The predicted octanol–water partition coefficient (Wildman–Crippen LogP) is 5.06. The maximum absolute atomic E-state index is 11.9. The molecule has 2 aromatic carbocycles. The normalized spacial score (nSPS) is 12.1. The molecule has 0 aliphatic carbocycles. The van der Waals surface area contributed by atoms with Gasteiger partial charge in [0.2, 0.25) is 0 Å². The second kappa shape index (κ2) is 7.61. The fraction of sp³-hybridized carbons (Fsp3) is 0.261. The average molecular weight is 346 g/mol. The highest BCUT2D eigenvalue weighted by Crippen LogP contribution is 2.31. The van der Waals surface area contributed by atoms with Crippen molar-refractivity contribution >= 4 is 5.91 Å². The molecule has 1 aromatic heterocycles. The van der Waals surface area contributed by atoms with Crippen molar-refractivity contribution < 1.29 is 4.79 Å². The van der Waals surface area contributed by atoms with Crippen LogP contribution in [0.5, 0.6) is 0 Å². The van der Waals surface area contributed by atoms with Crippen molar-refractivity contribution in [1.82, 2.24) is 4.57 Å². The van der Waals surface area contributed by atoms with E-state index in [-0.39, 0.29) is 11.9 Å². The van der Waals surface area contributed by atoms with E-state index >= 15 is 0 Å². The van der Waals surface area contributed by atoms with Crippen LogP contribution in [0.15, 0.2) is 60.7 Å². The number of carbonyl (C=O) groups excluding carboxylic acids is 1. The summed E-state index contributed by atoms with van der Waals surface area (Å²) in [6.07, 6.45) is 2.00. The monoisotopic (exact) mass is 346 g/mol. The van der Waals surface area contributed by atoms with Crippen LogP contribution >= 0.6 is 0 Å². The highest BCUT2D eigenvalue weighted by Gasteiger charge is 2.20. The van der Waals surface area contributed by atoms with Crippen molar-refractivity contribution in [3.63, 3.8) is 0 Å². The Kier molecular flexibility index (Phi) is 5.27. The van der Waals surface area contributed by atoms with Crippen LogP contribution < -0.4 is 5.73 Å². The first-order valence-corrected chi connectivity index (χ1v) is 9.10. The second-order valence-electron chi connectivity index (χ2n) is 7.00. The number of aromatic nitrogens is 1. The van der Waals surface area contributed by atoms with Crippen LogP contribution in [0.1, 0.15) is 46.6 Å². The van der Waals surface area contributed by atoms with Gasteiger partial charge in [0.05, 0.1) is 5.56 Å². The zero-order valence-electron chi connectivity index (χ0n) is 15.7. The van der Waals surface area contributed by atoms with Crippen molar-refractivity contribution in [2.24, 2.45) is 5.73 Å². The van der Waals surface area contributed by atoms with E-state index in [1.807, 2.05) is 19.1 Å². The Balaban J connectivity index is 1.95. The molecule has 0 spiro atoms. The van der Waals surface area contributed by atoms with Crippen LogP contribution in [-0.2, 0) is 6.42 Å². The number of primary amides is 1. The molecule has 0 aliphatic heterocycles. The molecular formula is C23H26N2O. The molecule has 26 heavy (non-hydrogen) atoms.